The second-order valence-corrected chi connectivity index (χ2v) is 4.19. The monoisotopic (exact) mass is 267 g/mol. The third-order valence-electron chi connectivity index (χ3n) is 2.99. The summed E-state index contributed by atoms with van der Waals surface area (Å²) in [6.45, 7) is 2.53. The Labute approximate surface area is 108 Å². The Morgan fingerprint density at radius 2 is 2.05 bits per heavy atom. The zero-order chi connectivity index (χ0) is 14.3. The molecular formula is C11H13N3O5. The number of amides is 1. The number of aromatic hydroxyl groups is 1. The maximum absolute atomic E-state index is 12.0. The minimum Gasteiger partial charge on any atom is -0.502 e. The number of aromatic nitrogens is 1. The molecule has 0 atom stereocenters. The molecular weight excluding hydrogens is 254 g/mol. The van der Waals surface area contributed by atoms with Crippen LogP contribution < -0.4 is 10.4 Å². The smallest absolute Gasteiger partial charge is 0.341 e. The molecule has 2 N–H and O–H groups in total. The van der Waals surface area contributed by atoms with E-state index in [0.29, 0.717) is 6.54 Å². The molecule has 1 aliphatic heterocycles. The van der Waals surface area contributed by atoms with E-state index in [1.54, 1.807) is 5.01 Å². The van der Waals surface area contributed by atoms with Gasteiger partial charge < -0.3 is 15.1 Å². The molecule has 0 fully saturated rings. The molecule has 0 bridgehead atoms. The molecule has 0 saturated carbocycles. The topological polar surface area (TPSA) is 103 Å². The average molecular weight is 267 g/mol. The predicted molar refractivity (Wildman–Crippen MR) is 65.0 cm³/mol. The number of pyridine rings is 1. The zero-order valence-corrected chi connectivity index (χ0v) is 10.5. The van der Waals surface area contributed by atoms with Crippen LogP contribution in [0.15, 0.2) is 11.0 Å². The molecule has 1 aliphatic rings. The number of hydrogen-bond donors (Lipinski definition) is 2. The summed E-state index contributed by atoms with van der Waals surface area (Å²) in [5.41, 5.74) is -1.85. The Morgan fingerprint density at radius 3 is 2.58 bits per heavy atom. The largest absolute Gasteiger partial charge is 0.502 e. The van der Waals surface area contributed by atoms with Gasteiger partial charge in [0.2, 0.25) is 5.43 Å². The van der Waals surface area contributed by atoms with E-state index in [-0.39, 0.29) is 12.4 Å². The number of rotatable bonds is 2. The first-order valence-electron chi connectivity index (χ1n) is 5.61. The summed E-state index contributed by atoms with van der Waals surface area (Å²) in [6.07, 6.45) is 1.06. The van der Waals surface area contributed by atoms with Crippen LogP contribution in [0.3, 0.4) is 0 Å². The van der Waals surface area contributed by atoms with E-state index in [9.17, 15) is 19.5 Å². The SMILES string of the molecule is CCN1CN(C)C(=O)c2c(O)c(=O)c(C(=O)O)cn21. The maximum atomic E-state index is 12.0. The molecule has 0 radical (unpaired) electrons. The molecule has 2 rings (SSSR count). The van der Waals surface area contributed by atoms with Crippen molar-refractivity contribution in [2.45, 2.75) is 6.92 Å². The zero-order valence-electron chi connectivity index (χ0n) is 10.5. The second-order valence-electron chi connectivity index (χ2n) is 4.19. The number of hydrogen-bond acceptors (Lipinski definition) is 5. The van der Waals surface area contributed by atoms with Gasteiger partial charge in [-0.25, -0.2) is 4.79 Å². The van der Waals surface area contributed by atoms with Crippen molar-refractivity contribution >= 4 is 11.9 Å². The fraction of sp³-hybridized carbons (Fsp3) is 0.364. The molecule has 0 unspecified atom stereocenters. The van der Waals surface area contributed by atoms with Crippen LogP contribution in [-0.2, 0) is 0 Å². The molecule has 0 aromatic carbocycles. The van der Waals surface area contributed by atoms with Gasteiger partial charge in [0, 0.05) is 19.8 Å². The number of aromatic carboxylic acids is 1. The van der Waals surface area contributed by atoms with Gasteiger partial charge in [-0.05, 0) is 6.92 Å². The molecule has 1 aromatic heterocycles. The Balaban J connectivity index is 2.78. The highest BCUT2D eigenvalue weighted by molar-refractivity contribution is 5.97. The molecule has 102 valence electrons. The molecule has 19 heavy (non-hydrogen) atoms. The van der Waals surface area contributed by atoms with E-state index < -0.39 is 28.6 Å². The van der Waals surface area contributed by atoms with Crippen LogP contribution >= 0.6 is 0 Å². The highest BCUT2D eigenvalue weighted by atomic mass is 16.4. The molecule has 0 spiro atoms. The third kappa shape index (κ3) is 1.81. The molecule has 1 amide bonds. The summed E-state index contributed by atoms with van der Waals surface area (Å²) in [5.74, 6) is -2.82. The number of fused-ring (bicyclic) bond motifs is 1. The quantitative estimate of drug-likeness (QED) is 0.731. The van der Waals surface area contributed by atoms with Crippen molar-refractivity contribution < 1.29 is 19.8 Å². The fourth-order valence-electron chi connectivity index (χ4n) is 1.97. The number of nitrogens with zero attached hydrogens (tertiary/aromatic N) is 3. The van der Waals surface area contributed by atoms with Crippen molar-refractivity contribution in [2.24, 2.45) is 0 Å². The lowest BCUT2D eigenvalue weighted by molar-refractivity contribution is 0.0682. The van der Waals surface area contributed by atoms with Gasteiger partial charge in [-0.2, -0.15) is 0 Å². The van der Waals surface area contributed by atoms with Crippen molar-refractivity contribution in [3.63, 3.8) is 0 Å². The second kappa shape index (κ2) is 4.30. The van der Waals surface area contributed by atoms with E-state index in [2.05, 4.69) is 0 Å². The van der Waals surface area contributed by atoms with Gasteiger partial charge >= 0.3 is 5.97 Å². The van der Waals surface area contributed by atoms with E-state index in [0.717, 1.165) is 6.20 Å². The van der Waals surface area contributed by atoms with Crippen molar-refractivity contribution in [1.29, 1.82) is 0 Å². The van der Waals surface area contributed by atoms with Gasteiger partial charge in [0.05, 0.1) is 0 Å². The van der Waals surface area contributed by atoms with Gasteiger partial charge in [0.1, 0.15) is 12.2 Å². The summed E-state index contributed by atoms with van der Waals surface area (Å²) >= 11 is 0. The highest BCUT2D eigenvalue weighted by Gasteiger charge is 2.31. The first kappa shape index (κ1) is 12.9. The van der Waals surface area contributed by atoms with Gasteiger partial charge in [0.25, 0.3) is 5.91 Å². The minimum atomic E-state index is -1.45. The molecule has 0 saturated heterocycles. The molecule has 8 nitrogen and oxygen atoms in total. The minimum absolute atomic E-state index is 0.217. The number of carboxylic acids is 1. The first-order valence-corrected chi connectivity index (χ1v) is 5.61. The van der Waals surface area contributed by atoms with Crippen LogP contribution in [0.25, 0.3) is 0 Å². The number of carbonyl (C=O) groups excluding carboxylic acids is 1. The van der Waals surface area contributed by atoms with Gasteiger partial charge in [0.15, 0.2) is 11.4 Å². The normalized spacial score (nSPS) is 14.5. The van der Waals surface area contributed by atoms with Gasteiger partial charge in [-0.1, -0.05) is 0 Å². The van der Waals surface area contributed by atoms with E-state index in [4.69, 9.17) is 5.11 Å². The van der Waals surface area contributed by atoms with Crippen molar-refractivity contribution in [3.05, 3.63) is 27.7 Å². The number of carbonyl (C=O) groups is 2. The summed E-state index contributed by atoms with van der Waals surface area (Å²) in [7, 11) is 1.53. The predicted octanol–water partition coefficient (Wildman–Crippen LogP) is -0.747. The van der Waals surface area contributed by atoms with Crippen LogP contribution in [0.2, 0.25) is 0 Å². The molecule has 2 heterocycles. The van der Waals surface area contributed by atoms with Crippen LogP contribution in [0.4, 0.5) is 0 Å². The molecule has 1 aromatic rings. The van der Waals surface area contributed by atoms with E-state index >= 15 is 0 Å². The summed E-state index contributed by atoms with van der Waals surface area (Å²) in [4.78, 5) is 36.0. The fourth-order valence-corrected chi connectivity index (χ4v) is 1.97. The lowest BCUT2D eigenvalue weighted by Crippen LogP contribution is -2.52. The Bertz CT molecular complexity index is 621. The summed E-state index contributed by atoms with van der Waals surface area (Å²) < 4.78 is 1.22. The van der Waals surface area contributed by atoms with Gasteiger partial charge in [-0.15, -0.1) is 0 Å². The van der Waals surface area contributed by atoms with Gasteiger partial charge in [-0.3, -0.25) is 19.3 Å². The lowest BCUT2D eigenvalue weighted by Gasteiger charge is -2.37. The Hall–Kier alpha value is -2.51. The van der Waals surface area contributed by atoms with Crippen LogP contribution in [-0.4, -0.2) is 51.9 Å². The van der Waals surface area contributed by atoms with Crippen LogP contribution in [0.5, 0.6) is 5.75 Å². The maximum Gasteiger partial charge on any atom is 0.341 e. The lowest BCUT2D eigenvalue weighted by atomic mass is 10.2. The molecule has 0 aliphatic carbocycles. The Kier molecular flexibility index (Phi) is 2.93. The number of carboxylic acid groups (broad SMARTS) is 1. The van der Waals surface area contributed by atoms with Crippen molar-refractivity contribution in [3.8, 4) is 5.75 Å². The van der Waals surface area contributed by atoms with E-state index in [1.165, 1.54) is 16.6 Å². The first-order chi connectivity index (χ1) is 8.88. The standard InChI is InChI=1S/C11H13N3O5/c1-3-13-5-12(2)10(17)7-9(16)8(15)6(11(18)19)4-14(7)13/h4,16H,3,5H2,1-2H3,(H,18,19). The third-order valence-corrected chi connectivity index (χ3v) is 2.99. The highest BCUT2D eigenvalue weighted by Crippen LogP contribution is 2.20. The van der Waals surface area contributed by atoms with E-state index in [1.807, 2.05) is 6.92 Å². The summed E-state index contributed by atoms with van der Waals surface area (Å²) in [5, 5.41) is 20.4. The van der Waals surface area contributed by atoms with Crippen molar-refractivity contribution in [1.82, 2.24) is 9.58 Å². The van der Waals surface area contributed by atoms with Crippen LogP contribution in [0.1, 0.15) is 27.8 Å². The average Bonchev–Trinajstić information content (AvgIpc) is 2.36. The Morgan fingerprint density at radius 1 is 1.42 bits per heavy atom. The van der Waals surface area contributed by atoms with Crippen molar-refractivity contribution in [2.75, 3.05) is 25.3 Å². The van der Waals surface area contributed by atoms with Crippen LogP contribution in [0, 0.1) is 0 Å². The molecule has 8 heteroatoms. The summed E-state index contributed by atoms with van der Waals surface area (Å²) in [6, 6.07) is 0.